The first kappa shape index (κ1) is 34.7. The number of carboxylic acids is 1. The summed E-state index contributed by atoms with van der Waals surface area (Å²) < 4.78 is 26.1. The van der Waals surface area contributed by atoms with Crippen molar-refractivity contribution in [2.24, 2.45) is 11.7 Å². The minimum Gasteiger partial charge on any atom is -0.480 e. The Balaban J connectivity index is 3.11. The fourth-order valence-corrected chi connectivity index (χ4v) is 3.72. The molecule has 0 fully saturated rings. The van der Waals surface area contributed by atoms with Gasteiger partial charge in [-0.05, 0) is 43.9 Å². The van der Waals surface area contributed by atoms with E-state index in [9.17, 15) is 24.3 Å². The summed E-state index contributed by atoms with van der Waals surface area (Å²) in [5.41, 5.74) is 4.84. The van der Waals surface area contributed by atoms with Gasteiger partial charge < -0.3 is 34.5 Å². The zero-order valence-corrected chi connectivity index (χ0v) is 24.4. The van der Waals surface area contributed by atoms with E-state index in [0.717, 1.165) is 25.7 Å². The summed E-state index contributed by atoms with van der Waals surface area (Å²) in [6.07, 6.45) is 2.49. The van der Waals surface area contributed by atoms with Crippen LogP contribution < -0.4 is 15.2 Å². The summed E-state index contributed by atoms with van der Waals surface area (Å²) >= 11 is 0. The number of carbonyl (C=O) groups excluding carboxylic acids is 3. The summed E-state index contributed by atoms with van der Waals surface area (Å²) in [6, 6.07) is 4.21. The van der Waals surface area contributed by atoms with Gasteiger partial charge in [-0.25, -0.2) is 9.59 Å². The highest BCUT2D eigenvalue weighted by Crippen LogP contribution is 2.31. The van der Waals surface area contributed by atoms with Gasteiger partial charge in [-0.15, -0.1) is 0 Å². The number of esters is 1. The number of hydrogen-bond acceptors (Lipinski definition) is 10. The van der Waals surface area contributed by atoms with Crippen molar-refractivity contribution in [1.29, 1.82) is 0 Å². The minimum atomic E-state index is -1.81. The maximum Gasteiger partial charge on any atom is 0.513 e. The molecular formula is C29H45NO10. The Hall–Kier alpha value is -3.34. The van der Waals surface area contributed by atoms with Crippen molar-refractivity contribution < 1.29 is 48.0 Å². The number of carbonyl (C=O) groups is 4. The smallest absolute Gasteiger partial charge is 0.480 e. The van der Waals surface area contributed by atoms with Crippen molar-refractivity contribution in [3.8, 4) is 11.5 Å². The molecule has 3 N–H and O–H groups in total. The van der Waals surface area contributed by atoms with Gasteiger partial charge in [0.15, 0.2) is 11.5 Å². The van der Waals surface area contributed by atoms with Gasteiger partial charge in [0.05, 0.1) is 19.1 Å². The molecule has 1 aromatic rings. The van der Waals surface area contributed by atoms with Crippen LogP contribution >= 0.6 is 0 Å². The molecule has 0 aliphatic heterocycles. The lowest BCUT2D eigenvalue weighted by molar-refractivity contribution is -0.156. The molecule has 0 radical (unpaired) electrons. The van der Waals surface area contributed by atoms with Crippen LogP contribution in [-0.4, -0.2) is 54.2 Å². The van der Waals surface area contributed by atoms with Crippen molar-refractivity contribution in [1.82, 2.24) is 0 Å². The number of benzene rings is 1. The number of hydrogen-bond donors (Lipinski definition) is 2. The average Bonchev–Trinajstić information content (AvgIpc) is 2.89. The third kappa shape index (κ3) is 12.7. The fraction of sp³-hybridized carbons (Fsp3) is 0.655. The third-order valence-corrected chi connectivity index (χ3v) is 6.26. The molecule has 0 saturated carbocycles. The molecule has 1 aromatic carbocycles. The number of rotatable bonds is 18. The third-order valence-electron chi connectivity index (χ3n) is 6.26. The van der Waals surface area contributed by atoms with Crippen molar-refractivity contribution in [2.45, 2.75) is 104 Å². The summed E-state index contributed by atoms with van der Waals surface area (Å²) in [5.74, 6) is -2.32. The molecule has 0 bridgehead atoms. The lowest BCUT2D eigenvalue weighted by atomic mass is 9.86. The van der Waals surface area contributed by atoms with Crippen molar-refractivity contribution >= 4 is 24.2 Å². The Morgan fingerprint density at radius 3 is 1.93 bits per heavy atom. The number of unbranched alkanes of at least 4 members (excludes halogenated alkanes) is 4. The Kier molecular flexibility index (Phi) is 15.7. The van der Waals surface area contributed by atoms with Crippen LogP contribution in [0.1, 0.15) is 91.5 Å². The van der Waals surface area contributed by atoms with Gasteiger partial charge in [0.2, 0.25) is 0 Å². The molecule has 0 amide bonds. The summed E-state index contributed by atoms with van der Waals surface area (Å²) in [6.45, 7) is 9.51. The maximum atomic E-state index is 12.3. The van der Waals surface area contributed by atoms with Crippen LogP contribution in [0.15, 0.2) is 18.2 Å². The van der Waals surface area contributed by atoms with E-state index in [0.29, 0.717) is 24.8 Å². The van der Waals surface area contributed by atoms with E-state index in [1.165, 1.54) is 18.2 Å². The van der Waals surface area contributed by atoms with E-state index in [1.807, 2.05) is 20.8 Å². The van der Waals surface area contributed by atoms with Crippen LogP contribution in [0.2, 0.25) is 0 Å². The molecule has 11 heteroatoms. The van der Waals surface area contributed by atoms with Crippen LogP contribution in [0.4, 0.5) is 9.59 Å². The molecule has 226 valence electrons. The van der Waals surface area contributed by atoms with Gasteiger partial charge in [-0.1, -0.05) is 59.4 Å². The maximum absolute atomic E-state index is 12.3. The first-order chi connectivity index (χ1) is 18.9. The summed E-state index contributed by atoms with van der Waals surface area (Å²) in [7, 11) is 0. The second-order valence-electron chi connectivity index (χ2n) is 10.00. The predicted octanol–water partition coefficient (Wildman–Crippen LogP) is 5.79. The normalized spacial score (nSPS) is 13.8. The Labute approximate surface area is 236 Å². The van der Waals surface area contributed by atoms with E-state index in [1.54, 1.807) is 13.8 Å². The number of nitrogens with two attached hydrogens (primary N) is 1. The SMILES string of the molecule is CCCCCOC(=O)Oc1ccc(CC(N)(C[C@H](C)OC(=O)C(C)CC)C(=O)O)cc1OC(=O)OCCCCC. The Morgan fingerprint density at radius 2 is 1.43 bits per heavy atom. The monoisotopic (exact) mass is 567 g/mol. The van der Waals surface area contributed by atoms with E-state index in [-0.39, 0.29) is 43.5 Å². The Morgan fingerprint density at radius 1 is 0.875 bits per heavy atom. The van der Waals surface area contributed by atoms with E-state index in [4.69, 9.17) is 29.4 Å². The van der Waals surface area contributed by atoms with E-state index in [2.05, 4.69) is 0 Å². The number of aliphatic carboxylic acids is 1. The largest absolute Gasteiger partial charge is 0.513 e. The highest BCUT2D eigenvalue weighted by Gasteiger charge is 2.37. The molecule has 11 nitrogen and oxygen atoms in total. The zero-order valence-electron chi connectivity index (χ0n) is 24.4. The molecule has 40 heavy (non-hydrogen) atoms. The number of ether oxygens (including phenoxy) is 5. The van der Waals surface area contributed by atoms with Crippen molar-refractivity contribution in [3.63, 3.8) is 0 Å². The van der Waals surface area contributed by atoms with Crippen LogP contribution in [0.25, 0.3) is 0 Å². The average molecular weight is 568 g/mol. The standard InChI is InChI=1S/C29H45NO10/c1-6-9-11-15-36-27(34)39-23-14-13-22(17-24(23)40-28(35)37-16-12-10-7-2)19-29(30,26(32)33)18-21(5)38-25(31)20(4)8-3/h13-14,17,20-21H,6-12,15-16,18-19,30H2,1-5H3,(H,32,33)/t20?,21-,29?/m0/s1. The second kappa shape index (κ2) is 18.1. The van der Waals surface area contributed by atoms with Crippen LogP contribution in [0, 0.1) is 5.92 Å². The topological polar surface area (TPSA) is 161 Å². The van der Waals surface area contributed by atoms with E-state index >= 15 is 0 Å². The number of carboxylic acid groups (broad SMARTS) is 1. The van der Waals surface area contributed by atoms with Gasteiger partial charge in [0.1, 0.15) is 11.6 Å². The van der Waals surface area contributed by atoms with Gasteiger partial charge in [0, 0.05) is 12.8 Å². The zero-order chi connectivity index (χ0) is 30.1. The molecule has 0 spiro atoms. The summed E-state index contributed by atoms with van der Waals surface area (Å²) in [5, 5.41) is 9.93. The molecule has 0 aromatic heterocycles. The highest BCUT2D eigenvalue weighted by molar-refractivity contribution is 5.79. The lowest BCUT2D eigenvalue weighted by Crippen LogP contribution is -2.52. The van der Waals surface area contributed by atoms with E-state index < -0.39 is 35.9 Å². The molecule has 0 saturated heterocycles. The molecular weight excluding hydrogens is 522 g/mol. The van der Waals surface area contributed by atoms with Gasteiger partial charge in [0.25, 0.3) is 0 Å². The first-order valence-electron chi connectivity index (χ1n) is 14.0. The first-order valence-corrected chi connectivity index (χ1v) is 14.0. The molecule has 3 atom stereocenters. The second-order valence-corrected chi connectivity index (χ2v) is 10.00. The van der Waals surface area contributed by atoms with Gasteiger partial charge in [-0.3, -0.25) is 9.59 Å². The fourth-order valence-electron chi connectivity index (χ4n) is 3.72. The van der Waals surface area contributed by atoms with Gasteiger partial charge >= 0.3 is 24.2 Å². The highest BCUT2D eigenvalue weighted by atomic mass is 16.7. The summed E-state index contributed by atoms with van der Waals surface area (Å²) in [4.78, 5) is 48.8. The van der Waals surface area contributed by atoms with Gasteiger partial charge in [-0.2, -0.15) is 0 Å². The molecule has 0 aliphatic carbocycles. The predicted molar refractivity (Wildman–Crippen MR) is 147 cm³/mol. The molecule has 0 aliphatic rings. The van der Waals surface area contributed by atoms with Crippen LogP contribution in [0.5, 0.6) is 11.5 Å². The molecule has 1 rings (SSSR count). The lowest BCUT2D eigenvalue weighted by Gasteiger charge is -2.28. The van der Waals surface area contributed by atoms with Crippen LogP contribution in [0.3, 0.4) is 0 Å². The molecule has 0 heterocycles. The van der Waals surface area contributed by atoms with Crippen LogP contribution in [-0.2, 0) is 30.2 Å². The quantitative estimate of drug-likeness (QED) is 0.0956. The minimum absolute atomic E-state index is 0.108. The van der Waals surface area contributed by atoms with Crippen molar-refractivity contribution in [3.05, 3.63) is 23.8 Å². The van der Waals surface area contributed by atoms with Crippen molar-refractivity contribution in [2.75, 3.05) is 13.2 Å². The molecule has 2 unspecified atom stereocenters. The Bertz CT molecular complexity index is 966.